The normalized spacial score (nSPS) is 14.0. The zero-order valence-corrected chi connectivity index (χ0v) is 12.0. The van der Waals surface area contributed by atoms with Gasteiger partial charge in [0.1, 0.15) is 5.75 Å². The Bertz CT molecular complexity index is 539. The van der Waals surface area contributed by atoms with E-state index in [-0.39, 0.29) is 6.04 Å². The molecule has 1 saturated carbocycles. The summed E-state index contributed by atoms with van der Waals surface area (Å²) in [5.74, 6) is -0.648. The molecule has 2 rings (SSSR count). The number of nitrogens with one attached hydrogen (secondary N) is 2. The highest BCUT2D eigenvalue weighted by molar-refractivity contribution is 6.35. The molecule has 2 amide bonds. The van der Waals surface area contributed by atoms with Crippen molar-refractivity contribution < 1.29 is 14.3 Å². The first-order valence-corrected chi connectivity index (χ1v) is 7.06. The number of ether oxygens (including phenoxy) is 1. The standard InChI is InChI=1S/C15H19N3O3/c1-2-8-21-13-5-3-4-11(9-13)10-16-18-15(20)14(19)17-12-6-7-12/h3-5,9-10,12H,2,6-8H2,1H3,(H,17,19)(H,18,20)/b16-10-. The van der Waals surface area contributed by atoms with E-state index < -0.39 is 11.8 Å². The minimum absolute atomic E-state index is 0.152. The number of hydrogen-bond donors (Lipinski definition) is 2. The average Bonchev–Trinajstić information content (AvgIpc) is 3.29. The maximum Gasteiger partial charge on any atom is 0.329 e. The van der Waals surface area contributed by atoms with Gasteiger partial charge in [-0.3, -0.25) is 9.59 Å². The van der Waals surface area contributed by atoms with Crippen LogP contribution in [-0.4, -0.2) is 30.7 Å². The SMILES string of the molecule is CCCOc1cccc(/C=N\NC(=O)C(=O)NC2CC2)c1. The van der Waals surface area contributed by atoms with Crippen molar-refractivity contribution in [3.05, 3.63) is 29.8 Å². The van der Waals surface area contributed by atoms with Crippen LogP contribution in [0.4, 0.5) is 0 Å². The molecule has 6 nitrogen and oxygen atoms in total. The maximum absolute atomic E-state index is 11.4. The molecule has 0 radical (unpaired) electrons. The molecule has 1 aliphatic carbocycles. The van der Waals surface area contributed by atoms with Crippen molar-refractivity contribution in [2.24, 2.45) is 5.10 Å². The highest BCUT2D eigenvalue weighted by Gasteiger charge is 2.26. The molecule has 21 heavy (non-hydrogen) atoms. The zero-order valence-electron chi connectivity index (χ0n) is 12.0. The fourth-order valence-electron chi connectivity index (χ4n) is 1.60. The van der Waals surface area contributed by atoms with Crippen molar-refractivity contribution in [3.63, 3.8) is 0 Å². The number of amides is 2. The Morgan fingerprint density at radius 1 is 1.38 bits per heavy atom. The van der Waals surface area contributed by atoms with Gasteiger partial charge >= 0.3 is 11.8 Å². The Hall–Kier alpha value is -2.37. The van der Waals surface area contributed by atoms with Gasteiger partial charge in [-0.2, -0.15) is 5.10 Å². The van der Waals surface area contributed by atoms with Crippen LogP contribution in [0.2, 0.25) is 0 Å². The molecule has 2 N–H and O–H groups in total. The fourth-order valence-corrected chi connectivity index (χ4v) is 1.60. The molecule has 1 aromatic rings. The molecular formula is C15H19N3O3. The summed E-state index contributed by atoms with van der Waals surface area (Å²) in [5, 5.41) is 6.36. The molecule has 6 heteroatoms. The van der Waals surface area contributed by atoms with Crippen LogP contribution in [-0.2, 0) is 9.59 Å². The monoisotopic (exact) mass is 289 g/mol. The lowest BCUT2D eigenvalue weighted by Gasteiger charge is -2.04. The second kappa shape index (κ2) is 7.42. The lowest BCUT2D eigenvalue weighted by atomic mass is 10.2. The van der Waals surface area contributed by atoms with E-state index in [4.69, 9.17) is 4.74 Å². The quantitative estimate of drug-likeness (QED) is 0.469. The van der Waals surface area contributed by atoms with Crippen molar-refractivity contribution in [2.45, 2.75) is 32.2 Å². The van der Waals surface area contributed by atoms with Crippen LogP contribution in [0.5, 0.6) is 5.75 Å². The summed E-state index contributed by atoms with van der Waals surface area (Å²) in [7, 11) is 0. The number of carbonyl (C=O) groups is 2. The largest absolute Gasteiger partial charge is 0.494 e. The highest BCUT2D eigenvalue weighted by Crippen LogP contribution is 2.18. The first kappa shape index (κ1) is 15.0. The van der Waals surface area contributed by atoms with Gasteiger partial charge in [0.25, 0.3) is 0 Å². The summed E-state index contributed by atoms with van der Waals surface area (Å²) >= 11 is 0. The second-order valence-electron chi connectivity index (χ2n) is 4.87. The average molecular weight is 289 g/mol. The van der Waals surface area contributed by atoms with Crippen LogP contribution in [0, 0.1) is 0 Å². The number of carbonyl (C=O) groups excluding carboxylic acids is 2. The topological polar surface area (TPSA) is 79.8 Å². The van der Waals surface area contributed by atoms with E-state index in [2.05, 4.69) is 15.8 Å². The molecule has 0 spiro atoms. The molecule has 1 aromatic carbocycles. The smallest absolute Gasteiger partial charge is 0.329 e. The third kappa shape index (κ3) is 5.25. The van der Waals surface area contributed by atoms with Gasteiger partial charge in [0.15, 0.2) is 0 Å². The van der Waals surface area contributed by atoms with Crippen LogP contribution in [0.25, 0.3) is 0 Å². The molecule has 0 unspecified atom stereocenters. The number of hydrogen-bond acceptors (Lipinski definition) is 4. The molecule has 1 aliphatic rings. The molecular weight excluding hydrogens is 270 g/mol. The van der Waals surface area contributed by atoms with E-state index in [0.717, 1.165) is 30.6 Å². The minimum Gasteiger partial charge on any atom is -0.494 e. The van der Waals surface area contributed by atoms with Crippen molar-refractivity contribution >= 4 is 18.0 Å². The highest BCUT2D eigenvalue weighted by atomic mass is 16.5. The predicted octanol–water partition coefficient (Wildman–Crippen LogP) is 1.20. The van der Waals surface area contributed by atoms with Gasteiger partial charge in [-0.05, 0) is 37.0 Å². The summed E-state index contributed by atoms with van der Waals surface area (Å²) in [5.41, 5.74) is 2.99. The van der Waals surface area contributed by atoms with E-state index >= 15 is 0 Å². The summed E-state index contributed by atoms with van der Waals surface area (Å²) < 4.78 is 5.50. The molecule has 0 saturated heterocycles. The molecule has 112 valence electrons. The van der Waals surface area contributed by atoms with Crippen molar-refractivity contribution in [1.82, 2.24) is 10.7 Å². The molecule has 0 heterocycles. The predicted molar refractivity (Wildman–Crippen MR) is 79.1 cm³/mol. The van der Waals surface area contributed by atoms with Gasteiger partial charge in [-0.1, -0.05) is 19.1 Å². The van der Waals surface area contributed by atoms with Crippen LogP contribution in [0.15, 0.2) is 29.4 Å². The van der Waals surface area contributed by atoms with Crippen molar-refractivity contribution in [3.8, 4) is 5.75 Å². The third-order valence-electron chi connectivity index (χ3n) is 2.83. The fraction of sp³-hybridized carbons (Fsp3) is 0.400. The maximum atomic E-state index is 11.4. The third-order valence-corrected chi connectivity index (χ3v) is 2.83. The Morgan fingerprint density at radius 3 is 2.90 bits per heavy atom. The van der Waals surface area contributed by atoms with E-state index in [1.807, 2.05) is 31.2 Å². The summed E-state index contributed by atoms with van der Waals surface area (Å²) in [4.78, 5) is 22.8. The molecule has 0 atom stereocenters. The van der Waals surface area contributed by atoms with Crippen LogP contribution in [0.3, 0.4) is 0 Å². The zero-order chi connectivity index (χ0) is 15.1. The summed E-state index contributed by atoms with van der Waals surface area (Å²) in [6.45, 7) is 2.69. The van der Waals surface area contributed by atoms with Gasteiger partial charge in [0, 0.05) is 6.04 Å². The van der Waals surface area contributed by atoms with Crippen LogP contribution < -0.4 is 15.5 Å². The lowest BCUT2D eigenvalue weighted by molar-refractivity contribution is -0.139. The van der Waals surface area contributed by atoms with Crippen LogP contribution >= 0.6 is 0 Å². The van der Waals surface area contributed by atoms with Gasteiger partial charge in [0.2, 0.25) is 0 Å². The first-order chi connectivity index (χ1) is 10.2. The molecule has 1 fully saturated rings. The minimum atomic E-state index is -0.753. The second-order valence-corrected chi connectivity index (χ2v) is 4.87. The Balaban J connectivity index is 1.82. The summed E-state index contributed by atoms with van der Waals surface area (Å²) in [6.07, 6.45) is 4.28. The Labute approximate surface area is 123 Å². The number of nitrogens with zero attached hydrogens (tertiary/aromatic N) is 1. The molecule has 0 bridgehead atoms. The van der Waals surface area contributed by atoms with Gasteiger partial charge in [-0.25, -0.2) is 5.43 Å². The van der Waals surface area contributed by atoms with Gasteiger partial charge in [-0.15, -0.1) is 0 Å². The Kier molecular flexibility index (Phi) is 5.31. The van der Waals surface area contributed by atoms with Crippen molar-refractivity contribution in [1.29, 1.82) is 0 Å². The van der Waals surface area contributed by atoms with E-state index in [1.54, 1.807) is 0 Å². The van der Waals surface area contributed by atoms with Crippen molar-refractivity contribution in [2.75, 3.05) is 6.61 Å². The Morgan fingerprint density at radius 2 is 2.19 bits per heavy atom. The van der Waals surface area contributed by atoms with E-state index in [9.17, 15) is 9.59 Å². The number of benzene rings is 1. The number of rotatable bonds is 6. The summed E-state index contributed by atoms with van der Waals surface area (Å²) in [6, 6.07) is 7.50. The molecule has 0 aliphatic heterocycles. The molecule has 0 aromatic heterocycles. The first-order valence-electron chi connectivity index (χ1n) is 7.06. The van der Waals surface area contributed by atoms with Gasteiger partial charge in [0.05, 0.1) is 12.8 Å². The van der Waals surface area contributed by atoms with E-state index in [0.29, 0.717) is 6.61 Å². The van der Waals surface area contributed by atoms with Gasteiger partial charge < -0.3 is 10.1 Å². The van der Waals surface area contributed by atoms with Crippen LogP contribution in [0.1, 0.15) is 31.7 Å². The lowest BCUT2D eigenvalue weighted by Crippen LogP contribution is -2.38. The number of hydrazone groups is 1. The van der Waals surface area contributed by atoms with E-state index in [1.165, 1.54) is 6.21 Å².